The molecule has 1 atom stereocenters. The fraction of sp³-hybridized carbons (Fsp3) is 0.538. The first kappa shape index (κ1) is 13.6. The summed E-state index contributed by atoms with van der Waals surface area (Å²) >= 11 is 1.87. The molecule has 16 heavy (non-hydrogen) atoms. The van der Waals surface area contributed by atoms with Crippen molar-refractivity contribution in [1.82, 2.24) is 4.90 Å². The lowest BCUT2D eigenvalue weighted by Gasteiger charge is -2.09. The van der Waals surface area contributed by atoms with Crippen molar-refractivity contribution < 1.29 is 5.11 Å². The van der Waals surface area contributed by atoms with Gasteiger partial charge in [0.2, 0.25) is 0 Å². The first-order valence-electron chi connectivity index (χ1n) is 5.65. The van der Waals surface area contributed by atoms with Crippen LogP contribution in [0, 0.1) is 0 Å². The predicted octanol–water partition coefficient (Wildman–Crippen LogP) is 2.78. The van der Waals surface area contributed by atoms with Crippen LogP contribution in [-0.4, -0.2) is 36.4 Å². The Bertz CT molecular complexity index is 295. The molecule has 0 fully saturated rings. The van der Waals surface area contributed by atoms with E-state index in [1.54, 1.807) is 6.92 Å². The molecule has 3 heteroatoms. The van der Waals surface area contributed by atoms with Gasteiger partial charge in [-0.25, -0.2) is 0 Å². The molecule has 0 saturated heterocycles. The standard InChI is InChI=1S/C13H21NOS/c1-11(15)12-5-7-13(8-6-12)16-10-4-9-14(2)3/h5-8,11,15H,4,9-10H2,1-3H3. The maximum Gasteiger partial charge on any atom is 0.0761 e. The Morgan fingerprint density at radius 2 is 1.88 bits per heavy atom. The molecule has 0 amide bonds. The van der Waals surface area contributed by atoms with Crippen LogP contribution < -0.4 is 0 Å². The van der Waals surface area contributed by atoms with Crippen molar-refractivity contribution in [3.63, 3.8) is 0 Å². The van der Waals surface area contributed by atoms with E-state index in [-0.39, 0.29) is 6.10 Å². The molecule has 0 spiro atoms. The lowest BCUT2D eigenvalue weighted by atomic mass is 10.1. The SMILES string of the molecule is CC(O)c1ccc(SCCCN(C)C)cc1. The highest BCUT2D eigenvalue weighted by molar-refractivity contribution is 7.99. The number of hydrogen-bond acceptors (Lipinski definition) is 3. The molecule has 2 nitrogen and oxygen atoms in total. The van der Waals surface area contributed by atoms with Crippen LogP contribution in [-0.2, 0) is 0 Å². The molecular formula is C13H21NOS. The van der Waals surface area contributed by atoms with Crippen LogP contribution in [0.25, 0.3) is 0 Å². The second-order valence-electron chi connectivity index (χ2n) is 4.25. The van der Waals surface area contributed by atoms with Crippen LogP contribution in [0.4, 0.5) is 0 Å². The minimum Gasteiger partial charge on any atom is -0.389 e. The van der Waals surface area contributed by atoms with Crippen LogP contribution in [0.3, 0.4) is 0 Å². The van der Waals surface area contributed by atoms with E-state index in [1.165, 1.54) is 11.3 Å². The van der Waals surface area contributed by atoms with Crippen molar-refractivity contribution in [2.45, 2.75) is 24.3 Å². The van der Waals surface area contributed by atoms with Gasteiger partial charge in [0.1, 0.15) is 0 Å². The quantitative estimate of drug-likeness (QED) is 0.610. The third kappa shape index (κ3) is 5.01. The molecule has 1 aromatic rings. The molecule has 90 valence electrons. The van der Waals surface area contributed by atoms with Crippen LogP contribution >= 0.6 is 11.8 Å². The maximum absolute atomic E-state index is 9.38. The molecule has 0 heterocycles. The van der Waals surface area contributed by atoms with Crippen LogP contribution in [0.1, 0.15) is 25.0 Å². The topological polar surface area (TPSA) is 23.5 Å². The average Bonchev–Trinajstić information content (AvgIpc) is 2.25. The molecule has 0 aromatic heterocycles. The van der Waals surface area contributed by atoms with Crippen molar-refractivity contribution in [2.75, 3.05) is 26.4 Å². The van der Waals surface area contributed by atoms with E-state index in [1.807, 2.05) is 23.9 Å². The van der Waals surface area contributed by atoms with Gasteiger partial charge in [-0.15, -0.1) is 11.8 Å². The fourth-order valence-corrected chi connectivity index (χ4v) is 2.25. The Balaban J connectivity index is 2.32. The summed E-state index contributed by atoms with van der Waals surface area (Å²) in [5, 5.41) is 9.38. The average molecular weight is 239 g/mol. The highest BCUT2D eigenvalue weighted by Gasteiger charge is 2.00. The number of aliphatic hydroxyl groups is 1. The smallest absolute Gasteiger partial charge is 0.0761 e. The van der Waals surface area contributed by atoms with Gasteiger partial charge in [0.15, 0.2) is 0 Å². The molecular weight excluding hydrogens is 218 g/mol. The van der Waals surface area contributed by atoms with Gasteiger partial charge in [-0.2, -0.15) is 0 Å². The van der Waals surface area contributed by atoms with E-state index in [4.69, 9.17) is 0 Å². The first-order chi connectivity index (χ1) is 7.59. The normalized spacial score (nSPS) is 13.1. The van der Waals surface area contributed by atoms with Gasteiger partial charge in [0, 0.05) is 4.90 Å². The molecule has 1 N–H and O–H groups in total. The highest BCUT2D eigenvalue weighted by atomic mass is 32.2. The van der Waals surface area contributed by atoms with E-state index in [9.17, 15) is 5.11 Å². The summed E-state index contributed by atoms with van der Waals surface area (Å²) in [6.07, 6.45) is 0.836. The monoisotopic (exact) mass is 239 g/mol. The van der Waals surface area contributed by atoms with Crippen molar-refractivity contribution in [3.05, 3.63) is 29.8 Å². The van der Waals surface area contributed by atoms with Crippen molar-refractivity contribution >= 4 is 11.8 Å². The summed E-state index contributed by atoms with van der Waals surface area (Å²) in [5.41, 5.74) is 0.984. The van der Waals surface area contributed by atoms with Crippen LogP contribution in [0.15, 0.2) is 29.2 Å². The minimum absolute atomic E-state index is 0.368. The summed E-state index contributed by atoms with van der Waals surface area (Å²) < 4.78 is 0. The van der Waals surface area contributed by atoms with Crippen LogP contribution in [0.2, 0.25) is 0 Å². The van der Waals surface area contributed by atoms with E-state index in [0.29, 0.717) is 0 Å². The Hall–Kier alpha value is -0.510. The molecule has 1 rings (SSSR count). The molecule has 1 aromatic carbocycles. The third-order valence-electron chi connectivity index (χ3n) is 2.38. The zero-order valence-electron chi connectivity index (χ0n) is 10.3. The predicted molar refractivity (Wildman–Crippen MR) is 71.0 cm³/mol. The Morgan fingerprint density at radius 3 is 2.38 bits per heavy atom. The van der Waals surface area contributed by atoms with Crippen LogP contribution in [0.5, 0.6) is 0 Å². The van der Waals surface area contributed by atoms with Crippen molar-refractivity contribution in [3.8, 4) is 0 Å². The zero-order valence-corrected chi connectivity index (χ0v) is 11.1. The number of hydrogen-bond donors (Lipinski definition) is 1. The van der Waals surface area contributed by atoms with Gasteiger partial charge >= 0.3 is 0 Å². The largest absolute Gasteiger partial charge is 0.389 e. The summed E-state index contributed by atoms with van der Waals surface area (Å²) in [5.74, 6) is 1.15. The molecule has 0 bridgehead atoms. The minimum atomic E-state index is -0.368. The van der Waals surface area contributed by atoms with E-state index < -0.39 is 0 Å². The number of thioether (sulfide) groups is 1. The van der Waals surface area contributed by atoms with Gasteiger partial charge in [0.25, 0.3) is 0 Å². The molecule has 1 unspecified atom stereocenters. The van der Waals surface area contributed by atoms with Gasteiger partial charge in [-0.05, 0) is 57.4 Å². The molecule has 0 aliphatic rings. The van der Waals surface area contributed by atoms with E-state index in [0.717, 1.165) is 17.9 Å². The number of aliphatic hydroxyl groups excluding tert-OH is 1. The first-order valence-corrected chi connectivity index (χ1v) is 6.63. The second kappa shape index (κ2) is 6.94. The number of nitrogens with zero attached hydrogens (tertiary/aromatic N) is 1. The molecule has 0 saturated carbocycles. The number of benzene rings is 1. The van der Waals surface area contributed by atoms with Gasteiger partial charge in [-0.3, -0.25) is 0 Å². The lowest BCUT2D eigenvalue weighted by Crippen LogP contribution is -2.13. The third-order valence-corrected chi connectivity index (χ3v) is 3.48. The summed E-state index contributed by atoms with van der Waals surface area (Å²) in [4.78, 5) is 3.49. The van der Waals surface area contributed by atoms with Gasteiger partial charge in [-0.1, -0.05) is 12.1 Å². The van der Waals surface area contributed by atoms with Gasteiger partial charge in [0.05, 0.1) is 6.10 Å². The lowest BCUT2D eigenvalue weighted by molar-refractivity contribution is 0.199. The molecule has 0 aliphatic heterocycles. The van der Waals surface area contributed by atoms with Crippen molar-refractivity contribution in [1.29, 1.82) is 0 Å². The molecule has 0 radical (unpaired) electrons. The Labute approximate surface area is 103 Å². The van der Waals surface area contributed by atoms with E-state index in [2.05, 4.69) is 31.1 Å². The van der Waals surface area contributed by atoms with Gasteiger partial charge < -0.3 is 10.0 Å². The Kier molecular flexibility index (Phi) is 5.88. The fourth-order valence-electron chi connectivity index (χ4n) is 1.41. The zero-order chi connectivity index (χ0) is 12.0. The van der Waals surface area contributed by atoms with E-state index >= 15 is 0 Å². The number of rotatable bonds is 6. The Morgan fingerprint density at radius 1 is 1.25 bits per heavy atom. The molecule has 0 aliphatic carbocycles. The summed E-state index contributed by atoms with van der Waals surface area (Å²) in [7, 11) is 4.20. The second-order valence-corrected chi connectivity index (χ2v) is 5.42. The summed E-state index contributed by atoms with van der Waals surface area (Å²) in [6, 6.07) is 8.17. The van der Waals surface area contributed by atoms with Crippen molar-refractivity contribution in [2.24, 2.45) is 0 Å². The maximum atomic E-state index is 9.38. The summed E-state index contributed by atoms with van der Waals surface area (Å²) in [6.45, 7) is 2.93. The highest BCUT2D eigenvalue weighted by Crippen LogP contribution is 2.21.